The molecule has 0 saturated carbocycles. The Balaban J connectivity index is 1.83. The molecule has 6 heteroatoms. The van der Waals surface area contributed by atoms with Gasteiger partial charge in [-0.25, -0.2) is 4.79 Å². The lowest BCUT2D eigenvalue weighted by molar-refractivity contribution is -0.141. The fraction of sp³-hybridized carbons (Fsp3) is 0.267. The van der Waals surface area contributed by atoms with Crippen LogP contribution in [-0.4, -0.2) is 38.8 Å². The molecule has 1 N–H and O–H groups in total. The normalized spacial score (nSPS) is 17.9. The lowest BCUT2D eigenvalue weighted by Crippen LogP contribution is -2.40. The molecular weight excluding hydrogens is 288 g/mol. The highest BCUT2D eigenvalue weighted by Gasteiger charge is 2.35. The predicted octanol–water partition coefficient (Wildman–Crippen LogP) is 2.50. The molecule has 5 nitrogen and oxygen atoms in total. The van der Waals surface area contributed by atoms with Gasteiger partial charge in [0.2, 0.25) is 0 Å². The molecule has 0 spiro atoms. The van der Waals surface area contributed by atoms with E-state index >= 15 is 0 Å². The Labute approximate surface area is 126 Å². The van der Waals surface area contributed by atoms with Gasteiger partial charge in [-0.2, -0.15) is 4.37 Å². The van der Waals surface area contributed by atoms with Crippen molar-refractivity contribution in [2.75, 3.05) is 6.54 Å². The summed E-state index contributed by atoms with van der Waals surface area (Å²) in [7, 11) is 0. The number of rotatable bonds is 3. The Kier molecular flexibility index (Phi) is 3.70. The van der Waals surface area contributed by atoms with Gasteiger partial charge in [-0.1, -0.05) is 30.3 Å². The highest BCUT2D eigenvalue weighted by Crippen LogP contribution is 2.26. The van der Waals surface area contributed by atoms with Crippen molar-refractivity contribution in [1.82, 2.24) is 9.27 Å². The molecule has 2 aromatic rings. The van der Waals surface area contributed by atoms with Crippen molar-refractivity contribution in [2.45, 2.75) is 18.9 Å². The molecule has 1 aliphatic rings. The zero-order valence-electron chi connectivity index (χ0n) is 11.2. The Morgan fingerprint density at radius 3 is 2.76 bits per heavy atom. The summed E-state index contributed by atoms with van der Waals surface area (Å²) in [5, 5.41) is 9.16. The summed E-state index contributed by atoms with van der Waals surface area (Å²) in [6, 6.07) is 10.6. The minimum absolute atomic E-state index is 0.236. The molecule has 21 heavy (non-hydrogen) atoms. The molecule has 0 bridgehead atoms. The predicted molar refractivity (Wildman–Crippen MR) is 79.2 cm³/mol. The molecule has 2 heterocycles. The maximum absolute atomic E-state index is 12.4. The van der Waals surface area contributed by atoms with Crippen molar-refractivity contribution in [1.29, 1.82) is 0 Å². The van der Waals surface area contributed by atoms with E-state index in [1.165, 1.54) is 4.90 Å². The topological polar surface area (TPSA) is 70.5 Å². The largest absolute Gasteiger partial charge is 0.480 e. The summed E-state index contributed by atoms with van der Waals surface area (Å²) in [5.74, 6) is -1.17. The number of hydrogen-bond donors (Lipinski definition) is 1. The van der Waals surface area contributed by atoms with E-state index in [0.29, 0.717) is 17.8 Å². The molecule has 108 valence electrons. The lowest BCUT2D eigenvalue weighted by atomic mass is 10.1. The van der Waals surface area contributed by atoms with Gasteiger partial charge in [0.25, 0.3) is 5.91 Å². The second-order valence-electron chi connectivity index (χ2n) is 4.94. The Morgan fingerprint density at radius 1 is 1.29 bits per heavy atom. The van der Waals surface area contributed by atoms with Gasteiger partial charge in [0.1, 0.15) is 10.9 Å². The third-order valence-electron chi connectivity index (χ3n) is 3.59. The molecule has 3 rings (SSSR count). The fourth-order valence-corrected chi connectivity index (χ4v) is 3.24. The first kappa shape index (κ1) is 13.8. The van der Waals surface area contributed by atoms with Crippen LogP contribution >= 0.6 is 11.5 Å². The number of likely N-dealkylation sites (tertiary alicyclic amines) is 1. The number of carboxylic acids is 1. The van der Waals surface area contributed by atoms with Crippen molar-refractivity contribution in [3.8, 4) is 11.3 Å². The zero-order chi connectivity index (χ0) is 14.8. The number of carboxylic acid groups (broad SMARTS) is 1. The highest BCUT2D eigenvalue weighted by molar-refractivity contribution is 7.08. The smallest absolute Gasteiger partial charge is 0.326 e. The van der Waals surface area contributed by atoms with E-state index in [1.54, 1.807) is 6.07 Å². The summed E-state index contributed by atoms with van der Waals surface area (Å²) >= 11 is 1.12. The number of carbonyl (C=O) groups excluding carboxylic acids is 1. The number of nitrogens with zero attached hydrogens (tertiary/aromatic N) is 2. The average molecular weight is 302 g/mol. The average Bonchev–Trinajstić information content (AvgIpc) is 3.17. The van der Waals surface area contributed by atoms with Crippen LogP contribution in [0, 0.1) is 0 Å². The van der Waals surface area contributed by atoms with Gasteiger partial charge in [-0.3, -0.25) is 4.79 Å². The molecule has 0 aliphatic carbocycles. The van der Waals surface area contributed by atoms with E-state index in [1.807, 2.05) is 30.3 Å². The number of aromatic nitrogens is 1. The van der Waals surface area contributed by atoms with E-state index < -0.39 is 12.0 Å². The van der Waals surface area contributed by atoms with Crippen molar-refractivity contribution >= 4 is 23.4 Å². The molecule has 1 unspecified atom stereocenters. The minimum atomic E-state index is -0.936. The van der Waals surface area contributed by atoms with Gasteiger partial charge in [0.15, 0.2) is 0 Å². The van der Waals surface area contributed by atoms with Crippen LogP contribution in [0.3, 0.4) is 0 Å². The number of carbonyl (C=O) groups is 2. The second-order valence-corrected chi connectivity index (χ2v) is 5.74. The summed E-state index contributed by atoms with van der Waals surface area (Å²) in [6.45, 7) is 0.494. The first-order valence-corrected chi connectivity index (χ1v) is 7.50. The summed E-state index contributed by atoms with van der Waals surface area (Å²) in [5.41, 5.74) is 1.69. The van der Waals surface area contributed by atoms with E-state index in [9.17, 15) is 9.59 Å². The van der Waals surface area contributed by atoms with Crippen LogP contribution in [0.1, 0.15) is 22.5 Å². The van der Waals surface area contributed by atoms with Crippen LogP contribution in [0.4, 0.5) is 0 Å². The van der Waals surface area contributed by atoms with Gasteiger partial charge < -0.3 is 10.0 Å². The maximum Gasteiger partial charge on any atom is 0.326 e. The molecule has 1 saturated heterocycles. The first-order chi connectivity index (χ1) is 10.2. The summed E-state index contributed by atoms with van der Waals surface area (Å²) < 4.78 is 4.30. The molecule has 1 amide bonds. The van der Waals surface area contributed by atoms with Crippen LogP contribution in [-0.2, 0) is 4.79 Å². The van der Waals surface area contributed by atoms with Crippen LogP contribution < -0.4 is 0 Å². The van der Waals surface area contributed by atoms with Crippen molar-refractivity contribution in [3.05, 3.63) is 41.3 Å². The molecule has 1 atom stereocenters. The van der Waals surface area contributed by atoms with Gasteiger partial charge in [-0.05, 0) is 30.4 Å². The Hall–Kier alpha value is -2.21. The van der Waals surface area contributed by atoms with Crippen LogP contribution in [0.15, 0.2) is 36.4 Å². The second kappa shape index (κ2) is 5.65. The van der Waals surface area contributed by atoms with Crippen LogP contribution in [0.25, 0.3) is 11.3 Å². The Morgan fingerprint density at radius 2 is 2.05 bits per heavy atom. The Bertz CT molecular complexity index is 669. The van der Waals surface area contributed by atoms with Gasteiger partial charge in [-0.15, -0.1) is 0 Å². The molecule has 0 radical (unpaired) electrons. The zero-order valence-corrected chi connectivity index (χ0v) is 12.0. The van der Waals surface area contributed by atoms with Crippen molar-refractivity contribution < 1.29 is 14.7 Å². The molecule has 1 fully saturated rings. The third-order valence-corrected chi connectivity index (χ3v) is 4.37. The van der Waals surface area contributed by atoms with Gasteiger partial charge in [0.05, 0.1) is 5.69 Å². The van der Waals surface area contributed by atoms with E-state index in [0.717, 1.165) is 29.2 Å². The van der Waals surface area contributed by atoms with Crippen LogP contribution in [0.2, 0.25) is 0 Å². The standard InChI is InChI=1S/C15H14N2O3S/c18-14(17-8-4-7-12(17)15(19)20)13-9-11(16-21-13)10-5-2-1-3-6-10/h1-3,5-6,9,12H,4,7-8H2,(H,19,20). The monoisotopic (exact) mass is 302 g/mol. The summed E-state index contributed by atoms with van der Waals surface area (Å²) in [4.78, 5) is 25.5. The van der Waals surface area contributed by atoms with E-state index in [-0.39, 0.29) is 5.91 Å². The van der Waals surface area contributed by atoms with Crippen molar-refractivity contribution in [2.24, 2.45) is 0 Å². The number of benzene rings is 1. The third kappa shape index (κ3) is 2.67. The highest BCUT2D eigenvalue weighted by atomic mass is 32.1. The lowest BCUT2D eigenvalue weighted by Gasteiger charge is -2.20. The SMILES string of the molecule is O=C(O)C1CCCN1C(=O)c1cc(-c2ccccc2)ns1. The summed E-state index contributed by atoms with van der Waals surface area (Å²) in [6.07, 6.45) is 1.25. The number of amides is 1. The molecule has 1 aromatic heterocycles. The maximum atomic E-state index is 12.4. The first-order valence-electron chi connectivity index (χ1n) is 6.73. The fourth-order valence-electron chi connectivity index (χ4n) is 2.53. The van der Waals surface area contributed by atoms with Gasteiger partial charge >= 0.3 is 5.97 Å². The molecular formula is C15H14N2O3S. The van der Waals surface area contributed by atoms with Gasteiger partial charge in [0, 0.05) is 12.1 Å². The van der Waals surface area contributed by atoms with Crippen LogP contribution in [0.5, 0.6) is 0 Å². The minimum Gasteiger partial charge on any atom is -0.480 e. The number of hydrogen-bond acceptors (Lipinski definition) is 4. The van der Waals surface area contributed by atoms with E-state index in [2.05, 4.69) is 4.37 Å². The van der Waals surface area contributed by atoms with E-state index in [4.69, 9.17) is 5.11 Å². The number of aliphatic carboxylic acids is 1. The molecule has 1 aliphatic heterocycles. The van der Waals surface area contributed by atoms with Crippen molar-refractivity contribution in [3.63, 3.8) is 0 Å². The molecule has 1 aromatic carbocycles. The quantitative estimate of drug-likeness (QED) is 0.945.